The van der Waals surface area contributed by atoms with Gasteiger partial charge in [0.1, 0.15) is 5.56 Å². The van der Waals surface area contributed by atoms with Gasteiger partial charge < -0.3 is 5.11 Å². The number of ketones is 1. The lowest BCUT2D eigenvalue weighted by molar-refractivity contribution is 0.104. The zero-order valence-electron chi connectivity index (χ0n) is 14.5. The molecule has 3 aromatic rings. The molecule has 0 atom stereocenters. The van der Waals surface area contributed by atoms with Crippen molar-refractivity contribution in [2.24, 2.45) is 0 Å². The Labute approximate surface area is 155 Å². The molecule has 0 aliphatic carbocycles. The third kappa shape index (κ3) is 4.30. The molecule has 0 fully saturated rings. The van der Waals surface area contributed by atoms with Crippen molar-refractivity contribution in [2.75, 3.05) is 0 Å². The van der Waals surface area contributed by atoms with Crippen molar-refractivity contribution in [3.8, 4) is 5.88 Å². The van der Waals surface area contributed by atoms with Gasteiger partial charge in [-0.2, -0.15) is 0 Å². The van der Waals surface area contributed by atoms with E-state index < -0.39 is 28.5 Å². The first kappa shape index (κ1) is 18.1. The molecule has 0 amide bonds. The highest BCUT2D eigenvalue weighted by atomic mass is 16.3. The summed E-state index contributed by atoms with van der Waals surface area (Å²) in [5, 5.41) is 10.4. The lowest BCUT2D eigenvalue weighted by Crippen LogP contribution is -2.34. The van der Waals surface area contributed by atoms with Crippen LogP contribution in [-0.2, 0) is 13.0 Å². The Bertz CT molecular complexity index is 1080. The van der Waals surface area contributed by atoms with E-state index in [4.69, 9.17) is 0 Å². The molecule has 3 rings (SSSR count). The Morgan fingerprint density at radius 1 is 1.00 bits per heavy atom. The molecule has 1 aromatic heterocycles. The molecule has 1 heterocycles. The van der Waals surface area contributed by atoms with Gasteiger partial charge in [-0.15, -0.1) is 0 Å². The van der Waals surface area contributed by atoms with Gasteiger partial charge >= 0.3 is 5.69 Å². The van der Waals surface area contributed by atoms with Crippen LogP contribution in [0.15, 0.2) is 76.3 Å². The second-order valence-corrected chi connectivity index (χ2v) is 5.95. The molecule has 0 radical (unpaired) electrons. The van der Waals surface area contributed by atoms with Crippen LogP contribution in [0.3, 0.4) is 0 Å². The van der Waals surface area contributed by atoms with E-state index in [0.717, 1.165) is 15.7 Å². The van der Waals surface area contributed by atoms with Crippen LogP contribution in [0.1, 0.15) is 21.5 Å². The van der Waals surface area contributed by atoms with Crippen molar-refractivity contribution in [2.45, 2.75) is 13.0 Å². The minimum absolute atomic E-state index is 0.133. The number of H-pyrrole nitrogens is 1. The maximum atomic E-state index is 12.4. The van der Waals surface area contributed by atoms with Gasteiger partial charge in [-0.1, -0.05) is 66.7 Å². The first-order valence-corrected chi connectivity index (χ1v) is 8.44. The molecule has 136 valence electrons. The van der Waals surface area contributed by atoms with E-state index in [-0.39, 0.29) is 6.54 Å². The fraction of sp³-hybridized carbons (Fsp3) is 0.0952. The molecule has 6 nitrogen and oxygen atoms in total. The predicted molar refractivity (Wildman–Crippen MR) is 103 cm³/mol. The quantitative estimate of drug-likeness (QED) is 0.520. The molecule has 2 aromatic carbocycles. The summed E-state index contributed by atoms with van der Waals surface area (Å²) in [6.45, 7) is 0.133. The monoisotopic (exact) mass is 362 g/mol. The van der Waals surface area contributed by atoms with Gasteiger partial charge in [0, 0.05) is 6.54 Å². The predicted octanol–water partition coefficient (Wildman–Crippen LogP) is 2.38. The zero-order chi connectivity index (χ0) is 19.2. The number of hydrogen-bond donors (Lipinski definition) is 2. The number of aromatic nitrogens is 2. The number of nitrogens with one attached hydrogen (secondary N) is 1. The average molecular weight is 362 g/mol. The van der Waals surface area contributed by atoms with E-state index in [1.165, 1.54) is 6.08 Å². The minimum atomic E-state index is -0.906. The Morgan fingerprint density at radius 3 is 2.30 bits per heavy atom. The number of rotatable bonds is 6. The third-order valence-corrected chi connectivity index (χ3v) is 4.11. The molecule has 0 bridgehead atoms. The summed E-state index contributed by atoms with van der Waals surface area (Å²) in [5.41, 5.74) is -0.367. The Kier molecular flexibility index (Phi) is 5.47. The largest absolute Gasteiger partial charge is 0.494 e. The first-order chi connectivity index (χ1) is 13.1. The molecule has 0 unspecified atom stereocenters. The minimum Gasteiger partial charge on any atom is -0.494 e. The molecule has 0 saturated heterocycles. The van der Waals surface area contributed by atoms with E-state index >= 15 is 0 Å². The molecule has 27 heavy (non-hydrogen) atoms. The Morgan fingerprint density at radius 2 is 1.63 bits per heavy atom. The van der Waals surface area contributed by atoms with Crippen LogP contribution in [0.5, 0.6) is 5.88 Å². The van der Waals surface area contributed by atoms with Gasteiger partial charge in [-0.3, -0.25) is 19.1 Å². The van der Waals surface area contributed by atoms with Crippen molar-refractivity contribution in [1.82, 2.24) is 9.55 Å². The number of benzene rings is 2. The zero-order valence-corrected chi connectivity index (χ0v) is 14.5. The van der Waals surface area contributed by atoms with E-state index in [1.54, 1.807) is 18.2 Å². The summed E-state index contributed by atoms with van der Waals surface area (Å²) in [6, 6.07) is 18.5. The van der Waals surface area contributed by atoms with Gasteiger partial charge in [0.25, 0.3) is 5.56 Å². The molecule has 0 aliphatic heterocycles. The first-order valence-electron chi connectivity index (χ1n) is 8.44. The van der Waals surface area contributed by atoms with Crippen molar-refractivity contribution >= 4 is 11.9 Å². The summed E-state index contributed by atoms with van der Waals surface area (Å²) < 4.78 is 0.998. The molecular weight excluding hydrogens is 344 g/mol. The highest BCUT2D eigenvalue weighted by Gasteiger charge is 2.19. The summed E-state index contributed by atoms with van der Waals surface area (Å²) in [4.78, 5) is 38.6. The number of carbonyl (C=O) groups is 1. The van der Waals surface area contributed by atoms with Crippen molar-refractivity contribution in [3.05, 3.63) is 104 Å². The molecule has 0 spiro atoms. The third-order valence-electron chi connectivity index (χ3n) is 4.11. The van der Waals surface area contributed by atoms with E-state index in [1.807, 2.05) is 48.5 Å². The highest BCUT2D eigenvalue weighted by molar-refractivity contribution is 6.07. The average Bonchev–Trinajstić information content (AvgIpc) is 2.67. The fourth-order valence-corrected chi connectivity index (χ4v) is 2.69. The summed E-state index contributed by atoms with van der Waals surface area (Å²) >= 11 is 0. The smallest absolute Gasteiger partial charge is 0.331 e. The molecule has 0 saturated carbocycles. The van der Waals surface area contributed by atoms with Gasteiger partial charge in [-0.25, -0.2) is 4.79 Å². The fourth-order valence-electron chi connectivity index (χ4n) is 2.69. The van der Waals surface area contributed by atoms with Gasteiger partial charge in [0.2, 0.25) is 5.88 Å². The van der Waals surface area contributed by atoms with E-state index in [0.29, 0.717) is 6.42 Å². The number of allylic oxidation sites excluding steroid dienone is 1. The molecule has 6 heteroatoms. The van der Waals surface area contributed by atoms with E-state index in [9.17, 15) is 19.5 Å². The Hall–Kier alpha value is -3.67. The SMILES string of the molecule is O=C(/C=C/c1ccccc1)c1c(O)n(CCc2ccccc2)c(=O)[nH]c1=O. The van der Waals surface area contributed by atoms with Crippen LogP contribution in [0.25, 0.3) is 6.08 Å². The second-order valence-electron chi connectivity index (χ2n) is 5.95. The van der Waals surface area contributed by atoms with Crippen LogP contribution in [0.2, 0.25) is 0 Å². The highest BCUT2D eigenvalue weighted by Crippen LogP contribution is 2.13. The normalized spacial score (nSPS) is 11.0. The van der Waals surface area contributed by atoms with Gasteiger partial charge in [0.05, 0.1) is 0 Å². The number of aromatic hydroxyl groups is 1. The maximum absolute atomic E-state index is 12.4. The standard InChI is InChI=1S/C21H18N2O4/c24-17(12-11-15-7-3-1-4-8-15)18-19(25)22-21(27)23(20(18)26)14-13-16-9-5-2-6-10-16/h1-12,26H,13-14H2,(H,22,25,27)/b12-11+. The number of aromatic amines is 1. The summed E-state index contributed by atoms with van der Waals surface area (Å²) in [6.07, 6.45) is 3.21. The molecule has 2 N–H and O–H groups in total. The van der Waals surface area contributed by atoms with Crippen molar-refractivity contribution in [3.63, 3.8) is 0 Å². The van der Waals surface area contributed by atoms with E-state index in [2.05, 4.69) is 4.98 Å². The number of hydrogen-bond acceptors (Lipinski definition) is 4. The van der Waals surface area contributed by atoms with Crippen molar-refractivity contribution in [1.29, 1.82) is 0 Å². The van der Waals surface area contributed by atoms with Crippen LogP contribution in [0.4, 0.5) is 0 Å². The maximum Gasteiger partial charge on any atom is 0.331 e. The second kappa shape index (κ2) is 8.14. The number of carbonyl (C=O) groups excluding carboxylic acids is 1. The Balaban J connectivity index is 1.89. The van der Waals surface area contributed by atoms with Crippen molar-refractivity contribution < 1.29 is 9.90 Å². The lowest BCUT2D eigenvalue weighted by Gasteiger charge is -2.10. The number of nitrogens with zero attached hydrogens (tertiary/aromatic N) is 1. The summed E-state index contributed by atoms with van der Waals surface area (Å²) in [7, 11) is 0. The van der Waals surface area contributed by atoms with Crippen LogP contribution < -0.4 is 11.2 Å². The van der Waals surface area contributed by atoms with Gasteiger partial charge in [0.15, 0.2) is 5.78 Å². The van der Waals surface area contributed by atoms with Crippen LogP contribution >= 0.6 is 0 Å². The molecular formula is C21H18N2O4. The van der Waals surface area contributed by atoms with Gasteiger partial charge in [-0.05, 0) is 23.6 Å². The molecule has 0 aliphatic rings. The lowest BCUT2D eigenvalue weighted by atomic mass is 10.1. The summed E-state index contributed by atoms with van der Waals surface area (Å²) in [5.74, 6) is -1.30. The van der Waals surface area contributed by atoms with Crippen LogP contribution in [-0.4, -0.2) is 20.4 Å². The topological polar surface area (TPSA) is 92.2 Å². The van der Waals surface area contributed by atoms with Crippen LogP contribution in [0, 0.1) is 0 Å². The number of aryl methyl sites for hydroxylation is 1.